The summed E-state index contributed by atoms with van der Waals surface area (Å²) < 4.78 is 0. The fourth-order valence-electron chi connectivity index (χ4n) is 4.31. The third-order valence-corrected chi connectivity index (χ3v) is 6.88. The van der Waals surface area contributed by atoms with Gasteiger partial charge in [0.1, 0.15) is 5.70 Å². The van der Waals surface area contributed by atoms with E-state index >= 15 is 0 Å². The second kappa shape index (κ2) is 6.90. The molecule has 1 unspecified atom stereocenters. The number of carbonyl (C=O) groups excluding carboxylic acids is 1. The molecule has 0 saturated carbocycles. The molecule has 0 aromatic carbocycles. The lowest BCUT2D eigenvalue weighted by atomic mass is 9.79. The number of hydrogen-bond acceptors (Lipinski definition) is 6. The smallest absolute Gasteiger partial charge is 0.353 e. The number of carbonyl (C=O) groups is 2. The van der Waals surface area contributed by atoms with Crippen molar-refractivity contribution in [1.82, 2.24) is 15.1 Å². The minimum atomic E-state index is -1.05. The Morgan fingerprint density at radius 2 is 2.16 bits per heavy atom. The number of carboxylic acids is 1. The van der Waals surface area contributed by atoms with E-state index in [2.05, 4.69) is 10.2 Å². The first kappa shape index (κ1) is 18.7. The van der Waals surface area contributed by atoms with Gasteiger partial charge in [-0.05, 0) is 27.4 Å². The topological polar surface area (TPSA) is 93.1 Å². The summed E-state index contributed by atoms with van der Waals surface area (Å²) in [4.78, 5) is 28.5. The number of carboxylic acid groups (broad SMARTS) is 1. The van der Waals surface area contributed by atoms with Crippen molar-refractivity contribution in [1.29, 1.82) is 0 Å². The highest BCUT2D eigenvalue weighted by atomic mass is 32.2. The van der Waals surface area contributed by atoms with E-state index in [0.29, 0.717) is 11.3 Å². The lowest BCUT2D eigenvalue weighted by Gasteiger charge is -2.46. The Bertz CT molecular complexity index is 607. The van der Waals surface area contributed by atoms with E-state index in [1.54, 1.807) is 18.7 Å². The summed E-state index contributed by atoms with van der Waals surface area (Å²) in [6, 6.07) is 0.176. The maximum Gasteiger partial charge on any atom is 0.353 e. The summed E-state index contributed by atoms with van der Waals surface area (Å²) in [6.45, 7) is 5.36. The van der Waals surface area contributed by atoms with E-state index in [9.17, 15) is 19.8 Å². The quantitative estimate of drug-likeness (QED) is 0.575. The van der Waals surface area contributed by atoms with Crippen molar-refractivity contribution < 1.29 is 19.8 Å². The maximum atomic E-state index is 12.3. The predicted octanol–water partition coefficient (Wildman–Crippen LogP) is 0.165. The van der Waals surface area contributed by atoms with Gasteiger partial charge >= 0.3 is 5.97 Å². The van der Waals surface area contributed by atoms with Crippen LogP contribution in [0.2, 0.25) is 0 Å². The minimum absolute atomic E-state index is 0.0544. The summed E-state index contributed by atoms with van der Waals surface area (Å²) in [5.41, 5.74) is 0.125. The molecule has 6 atom stereocenters. The monoisotopic (exact) mass is 369 g/mol. The van der Waals surface area contributed by atoms with Crippen LogP contribution in [0.4, 0.5) is 0 Å². The second-order valence-electron chi connectivity index (χ2n) is 7.61. The van der Waals surface area contributed by atoms with Crippen LogP contribution in [0.1, 0.15) is 20.3 Å². The Labute approximate surface area is 152 Å². The van der Waals surface area contributed by atoms with Gasteiger partial charge in [-0.3, -0.25) is 4.79 Å². The van der Waals surface area contributed by atoms with Gasteiger partial charge < -0.3 is 25.3 Å². The molecule has 8 heteroatoms. The standard InChI is InChI=1S/C17H27N3O4S/c1-8-13-12(9(2)21)16(22)20(13)14(17(23)24)15(8)25-11-5-10(18-6-11)7-19(3)4/h8-13,18,21H,5-7H2,1-4H3,(H,23,24)/t8?,9-,10+,11+,12-,13-/m1/s1. The molecule has 3 rings (SSSR count). The maximum absolute atomic E-state index is 12.3. The molecule has 2 saturated heterocycles. The first-order chi connectivity index (χ1) is 11.7. The SMILES string of the molecule is CC1C(S[C@@H]2CN[C@H](CN(C)C)C2)=C(C(=O)O)N2C(=O)[C@H]([C@@H](C)O)[C@@H]12. The number of fused-ring (bicyclic) bond motifs is 1. The molecule has 3 N–H and O–H groups in total. The van der Waals surface area contributed by atoms with Crippen LogP contribution in [-0.4, -0.2) is 82.5 Å². The molecule has 140 valence electrons. The molecule has 1 amide bonds. The molecular formula is C17H27N3O4S. The van der Waals surface area contributed by atoms with Gasteiger partial charge in [0.15, 0.2) is 0 Å². The molecule has 25 heavy (non-hydrogen) atoms. The van der Waals surface area contributed by atoms with E-state index in [0.717, 1.165) is 24.4 Å². The average molecular weight is 369 g/mol. The summed E-state index contributed by atoms with van der Waals surface area (Å²) in [5.74, 6) is -1.87. The van der Waals surface area contributed by atoms with Crippen molar-refractivity contribution >= 4 is 23.6 Å². The lowest BCUT2D eigenvalue weighted by Crippen LogP contribution is -2.63. The Kier molecular flexibility index (Phi) is 5.16. The molecule has 0 radical (unpaired) electrons. The second-order valence-corrected chi connectivity index (χ2v) is 8.96. The Hall–Kier alpha value is -1.09. The third-order valence-electron chi connectivity index (χ3n) is 5.37. The summed E-state index contributed by atoms with van der Waals surface area (Å²) >= 11 is 1.60. The first-order valence-electron chi connectivity index (χ1n) is 8.75. The van der Waals surface area contributed by atoms with Crippen LogP contribution < -0.4 is 5.32 Å². The van der Waals surface area contributed by atoms with Gasteiger partial charge in [-0.15, -0.1) is 11.8 Å². The van der Waals surface area contributed by atoms with Crippen molar-refractivity contribution in [3.63, 3.8) is 0 Å². The number of aliphatic hydroxyl groups is 1. The fraction of sp³-hybridized carbons (Fsp3) is 0.765. The predicted molar refractivity (Wildman–Crippen MR) is 96.0 cm³/mol. The van der Waals surface area contributed by atoms with Gasteiger partial charge in [0.2, 0.25) is 5.91 Å². The average Bonchev–Trinajstić information content (AvgIpc) is 3.01. The van der Waals surface area contributed by atoms with Gasteiger partial charge in [0.25, 0.3) is 0 Å². The first-order valence-corrected chi connectivity index (χ1v) is 9.63. The molecule has 3 aliphatic rings. The Morgan fingerprint density at radius 1 is 1.48 bits per heavy atom. The van der Waals surface area contributed by atoms with Crippen molar-refractivity contribution in [3.8, 4) is 0 Å². The van der Waals surface area contributed by atoms with Gasteiger partial charge in [0.05, 0.1) is 18.1 Å². The van der Waals surface area contributed by atoms with Crippen LogP contribution in [0.15, 0.2) is 10.6 Å². The van der Waals surface area contributed by atoms with Crippen LogP contribution in [-0.2, 0) is 9.59 Å². The number of nitrogens with one attached hydrogen (secondary N) is 1. The number of amides is 1. The molecule has 0 bridgehead atoms. The normalized spacial score (nSPS) is 36.0. The highest BCUT2D eigenvalue weighted by Crippen LogP contribution is 2.51. The number of β-lactam (4-membered cyclic amide) rings is 1. The number of thioether (sulfide) groups is 1. The summed E-state index contributed by atoms with van der Waals surface area (Å²) in [6.07, 6.45) is 0.220. The van der Waals surface area contributed by atoms with Gasteiger partial charge in [-0.1, -0.05) is 6.92 Å². The molecule has 0 spiro atoms. The zero-order valence-electron chi connectivity index (χ0n) is 15.1. The molecule has 2 fully saturated rings. The lowest BCUT2D eigenvalue weighted by molar-refractivity contribution is -0.163. The van der Waals surface area contributed by atoms with Gasteiger partial charge in [-0.2, -0.15) is 0 Å². The summed E-state index contributed by atoms with van der Waals surface area (Å²) in [7, 11) is 4.08. The number of nitrogens with zero attached hydrogens (tertiary/aromatic N) is 2. The molecule has 7 nitrogen and oxygen atoms in total. The van der Waals surface area contributed by atoms with Crippen LogP contribution >= 0.6 is 11.8 Å². The number of hydrogen-bond donors (Lipinski definition) is 3. The van der Waals surface area contributed by atoms with Crippen molar-refractivity contribution in [3.05, 3.63) is 10.6 Å². The minimum Gasteiger partial charge on any atom is -0.477 e. The number of aliphatic hydroxyl groups excluding tert-OH is 1. The Morgan fingerprint density at radius 3 is 2.72 bits per heavy atom. The highest BCUT2D eigenvalue weighted by molar-refractivity contribution is 8.03. The van der Waals surface area contributed by atoms with E-state index in [1.807, 2.05) is 21.0 Å². The van der Waals surface area contributed by atoms with Crippen molar-refractivity contribution in [2.24, 2.45) is 11.8 Å². The van der Waals surface area contributed by atoms with Crippen LogP contribution in [0.25, 0.3) is 0 Å². The molecule has 0 aromatic heterocycles. The number of aliphatic carboxylic acids is 1. The van der Waals surface area contributed by atoms with Crippen LogP contribution in [0.3, 0.4) is 0 Å². The van der Waals surface area contributed by atoms with Gasteiger partial charge in [0, 0.05) is 35.2 Å². The highest BCUT2D eigenvalue weighted by Gasteiger charge is 2.60. The van der Waals surface area contributed by atoms with Crippen molar-refractivity contribution in [2.45, 2.75) is 43.7 Å². The largest absolute Gasteiger partial charge is 0.477 e. The zero-order valence-corrected chi connectivity index (χ0v) is 15.9. The van der Waals surface area contributed by atoms with E-state index < -0.39 is 18.0 Å². The molecule has 0 aromatic rings. The third kappa shape index (κ3) is 3.20. The van der Waals surface area contributed by atoms with Crippen molar-refractivity contribution in [2.75, 3.05) is 27.2 Å². The molecule has 3 heterocycles. The zero-order chi connectivity index (χ0) is 18.5. The summed E-state index contributed by atoms with van der Waals surface area (Å²) in [5, 5.41) is 23.3. The molecular weight excluding hydrogens is 342 g/mol. The van der Waals surface area contributed by atoms with Gasteiger partial charge in [-0.25, -0.2) is 4.79 Å². The number of likely N-dealkylation sites (N-methyl/N-ethyl adjacent to an activating group) is 1. The van der Waals surface area contributed by atoms with E-state index in [4.69, 9.17) is 0 Å². The molecule has 0 aliphatic carbocycles. The van der Waals surface area contributed by atoms with Crippen LogP contribution in [0.5, 0.6) is 0 Å². The van der Waals surface area contributed by atoms with E-state index in [1.165, 1.54) is 4.90 Å². The molecule has 3 aliphatic heterocycles. The van der Waals surface area contributed by atoms with E-state index in [-0.39, 0.29) is 23.6 Å². The number of rotatable bonds is 6. The van der Waals surface area contributed by atoms with Crippen LogP contribution in [0, 0.1) is 11.8 Å². The Balaban J connectivity index is 1.76. The fourth-order valence-corrected chi connectivity index (χ4v) is 5.83.